The highest BCUT2D eigenvalue weighted by Crippen LogP contribution is 2.35. The molecule has 2 saturated heterocycles. The summed E-state index contributed by atoms with van der Waals surface area (Å²) in [6.45, 7) is 7.71. The van der Waals surface area contributed by atoms with Crippen molar-refractivity contribution in [3.8, 4) is 0 Å². The summed E-state index contributed by atoms with van der Waals surface area (Å²) in [7, 11) is 0. The molecule has 2 unspecified atom stereocenters. The summed E-state index contributed by atoms with van der Waals surface area (Å²) in [6, 6.07) is 9.99. The number of benzene rings is 1. The SMILES string of the molecule is CC(C)N1[C@@H]2[CH]O[CH][C@H]1CC(OC(=O)C(CO)c1ccccc1)C2. The highest BCUT2D eigenvalue weighted by atomic mass is 16.5. The molecule has 1 aromatic carbocycles. The standard InChI is InChI=1S/C19H25NO4/c1-13(2)20-15-8-17(9-16(20)12-23-11-15)24-19(22)18(10-21)14-6-4-3-5-7-14/h3-7,11-13,15-18,21H,8-10H2,1-2H3/t15-,16+,17?,18?. The number of carbonyl (C=O) groups excluding carboxylic acids is 1. The number of carbonyl (C=O) groups is 1. The molecule has 1 N–H and O–H groups in total. The molecule has 2 fully saturated rings. The van der Waals surface area contributed by atoms with Crippen LogP contribution in [-0.2, 0) is 14.3 Å². The minimum Gasteiger partial charge on any atom is -0.462 e. The molecule has 3 rings (SSSR count). The van der Waals surface area contributed by atoms with Crippen LogP contribution in [0.15, 0.2) is 30.3 Å². The number of piperidine rings is 1. The third-order valence-corrected chi connectivity index (χ3v) is 4.79. The Labute approximate surface area is 143 Å². The van der Waals surface area contributed by atoms with Crippen LogP contribution < -0.4 is 0 Å². The van der Waals surface area contributed by atoms with E-state index in [1.165, 1.54) is 0 Å². The molecule has 24 heavy (non-hydrogen) atoms. The molecule has 130 valence electrons. The minimum atomic E-state index is -0.627. The van der Waals surface area contributed by atoms with Gasteiger partial charge in [-0.25, -0.2) is 0 Å². The Bertz CT molecular complexity index is 534. The maximum absolute atomic E-state index is 12.5. The number of aliphatic hydroxyl groups excluding tert-OH is 1. The highest BCUT2D eigenvalue weighted by Gasteiger charge is 2.42. The largest absolute Gasteiger partial charge is 0.462 e. The second-order valence-electron chi connectivity index (χ2n) is 6.76. The van der Waals surface area contributed by atoms with Crippen molar-refractivity contribution in [2.24, 2.45) is 0 Å². The Kier molecular flexibility index (Phi) is 5.54. The average molecular weight is 331 g/mol. The molecular weight excluding hydrogens is 306 g/mol. The van der Waals surface area contributed by atoms with Crippen LogP contribution in [0.1, 0.15) is 38.2 Å². The van der Waals surface area contributed by atoms with Crippen LogP contribution in [0, 0.1) is 13.2 Å². The Morgan fingerprint density at radius 2 is 1.88 bits per heavy atom. The first-order valence-electron chi connectivity index (χ1n) is 8.56. The lowest BCUT2D eigenvalue weighted by Crippen LogP contribution is -2.57. The van der Waals surface area contributed by atoms with Gasteiger partial charge >= 0.3 is 5.97 Å². The number of esters is 1. The zero-order valence-corrected chi connectivity index (χ0v) is 14.2. The molecule has 1 aromatic rings. The van der Waals surface area contributed by atoms with Gasteiger partial charge in [-0.3, -0.25) is 9.69 Å². The lowest BCUT2D eigenvalue weighted by molar-refractivity contribution is -0.159. The molecule has 5 nitrogen and oxygen atoms in total. The fourth-order valence-electron chi connectivity index (χ4n) is 3.71. The number of fused-ring (bicyclic) bond motifs is 2. The van der Waals surface area contributed by atoms with Gasteiger partial charge in [-0.1, -0.05) is 30.3 Å². The van der Waals surface area contributed by atoms with Crippen LogP contribution in [0.5, 0.6) is 0 Å². The quantitative estimate of drug-likeness (QED) is 0.839. The predicted molar refractivity (Wildman–Crippen MR) is 89.6 cm³/mol. The van der Waals surface area contributed by atoms with Crippen molar-refractivity contribution in [3.63, 3.8) is 0 Å². The number of aliphatic hydroxyl groups is 1. The van der Waals surface area contributed by atoms with Crippen molar-refractivity contribution < 1.29 is 19.4 Å². The molecule has 2 bridgehead atoms. The Balaban J connectivity index is 1.65. The monoisotopic (exact) mass is 331 g/mol. The summed E-state index contributed by atoms with van der Waals surface area (Å²) in [4.78, 5) is 14.9. The minimum absolute atomic E-state index is 0.149. The summed E-state index contributed by atoms with van der Waals surface area (Å²) < 4.78 is 11.2. The normalized spacial score (nSPS) is 28.6. The Hall–Kier alpha value is -1.43. The number of morpholine rings is 1. The first-order valence-corrected chi connectivity index (χ1v) is 8.56. The molecule has 0 aromatic heterocycles. The number of nitrogens with zero attached hydrogens (tertiary/aromatic N) is 1. The summed E-state index contributed by atoms with van der Waals surface area (Å²) in [6.07, 6.45) is 1.29. The van der Waals surface area contributed by atoms with E-state index in [0.29, 0.717) is 6.04 Å². The van der Waals surface area contributed by atoms with Gasteiger partial charge in [0.1, 0.15) is 25.2 Å². The van der Waals surface area contributed by atoms with Crippen molar-refractivity contribution in [1.82, 2.24) is 4.90 Å². The molecule has 4 atom stereocenters. The molecule has 0 spiro atoms. The second-order valence-corrected chi connectivity index (χ2v) is 6.76. The van der Waals surface area contributed by atoms with E-state index in [2.05, 4.69) is 18.7 Å². The number of ether oxygens (including phenoxy) is 2. The van der Waals surface area contributed by atoms with Gasteiger partial charge in [0.15, 0.2) is 0 Å². The topological polar surface area (TPSA) is 59.0 Å². The van der Waals surface area contributed by atoms with Gasteiger partial charge < -0.3 is 14.6 Å². The predicted octanol–water partition coefficient (Wildman–Crippen LogP) is 2.27. The van der Waals surface area contributed by atoms with Gasteiger partial charge in [-0.15, -0.1) is 0 Å². The van der Waals surface area contributed by atoms with Crippen LogP contribution >= 0.6 is 0 Å². The zero-order chi connectivity index (χ0) is 17.1. The average Bonchev–Trinajstić information content (AvgIpc) is 2.55. The number of hydrogen-bond acceptors (Lipinski definition) is 5. The molecule has 2 radical (unpaired) electrons. The maximum atomic E-state index is 12.5. The summed E-state index contributed by atoms with van der Waals surface area (Å²) in [5.74, 6) is -0.982. The van der Waals surface area contributed by atoms with Gasteiger partial charge in [0.25, 0.3) is 0 Å². The lowest BCUT2D eigenvalue weighted by Gasteiger charge is -2.49. The van der Waals surface area contributed by atoms with E-state index in [9.17, 15) is 9.90 Å². The van der Waals surface area contributed by atoms with Crippen molar-refractivity contribution >= 4 is 5.97 Å². The Morgan fingerprint density at radius 1 is 1.25 bits per heavy atom. The third kappa shape index (κ3) is 3.63. The van der Waals surface area contributed by atoms with E-state index in [0.717, 1.165) is 18.4 Å². The smallest absolute Gasteiger partial charge is 0.316 e. The third-order valence-electron chi connectivity index (χ3n) is 4.79. The van der Waals surface area contributed by atoms with Crippen LogP contribution in [0.4, 0.5) is 0 Å². The van der Waals surface area contributed by atoms with Gasteiger partial charge in [-0.2, -0.15) is 0 Å². The molecule has 2 aliphatic heterocycles. The molecule has 0 amide bonds. The number of rotatable bonds is 5. The van der Waals surface area contributed by atoms with E-state index in [1.807, 2.05) is 43.5 Å². The first-order chi connectivity index (χ1) is 11.6. The maximum Gasteiger partial charge on any atom is 0.316 e. The van der Waals surface area contributed by atoms with E-state index in [4.69, 9.17) is 9.47 Å². The van der Waals surface area contributed by atoms with Gasteiger partial charge in [-0.05, 0) is 19.4 Å². The van der Waals surface area contributed by atoms with Crippen LogP contribution in [0.25, 0.3) is 0 Å². The summed E-state index contributed by atoms with van der Waals surface area (Å²) >= 11 is 0. The molecular formula is C19H25NO4. The highest BCUT2D eigenvalue weighted by molar-refractivity contribution is 5.78. The lowest BCUT2D eigenvalue weighted by atomic mass is 9.90. The number of hydrogen-bond donors (Lipinski definition) is 1. The Morgan fingerprint density at radius 3 is 2.42 bits per heavy atom. The van der Waals surface area contributed by atoms with E-state index in [1.54, 1.807) is 0 Å². The first kappa shape index (κ1) is 17.4. The van der Waals surface area contributed by atoms with Gasteiger partial charge in [0.2, 0.25) is 0 Å². The van der Waals surface area contributed by atoms with Crippen LogP contribution in [0.3, 0.4) is 0 Å². The van der Waals surface area contributed by atoms with Crippen molar-refractivity contribution in [2.45, 2.75) is 56.8 Å². The van der Waals surface area contributed by atoms with E-state index >= 15 is 0 Å². The second kappa shape index (κ2) is 7.64. The molecule has 2 aliphatic rings. The fourth-order valence-corrected chi connectivity index (χ4v) is 3.71. The van der Waals surface area contributed by atoms with Crippen molar-refractivity contribution in [1.29, 1.82) is 0 Å². The fraction of sp³-hybridized carbons (Fsp3) is 0.526. The van der Waals surface area contributed by atoms with Crippen LogP contribution in [0.2, 0.25) is 0 Å². The molecule has 0 aliphatic carbocycles. The molecule has 5 heteroatoms. The molecule has 2 heterocycles. The van der Waals surface area contributed by atoms with E-state index in [-0.39, 0.29) is 30.8 Å². The van der Waals surface area contributed by atoms with Crippen molar-refractivity contribution in [3.05, 3.63) is 49.1 Å². The summed E-state index contributed by atoms with van der Waals surface area (Å²) in [5.41, 5.74) is 0.784. The van der Waals surface area contributed by atoms with Crippen LogP contribution in [-0.4, -0.2) is 46.8 Å². The van der Waals surface area contributed by atoms with Gasteiger partial charge in [0, 0.05) is 31.0 Å². The van der Waals surface area contributed by atoms with E-state index < -0.39 is 5.92 Å². The van der Waals surface area contributed by atoms with Crippen molar-refractivity contribution in [2.75, 3.05) is 6.61 Å². The summed E-state index contributed by atoms with van der Waals surface area (Å²) in [5, 5.41) is 9.61. The zero-order valence-electron chi connectivity index (χ0n) is 14.2. The molecule has 0 saturated carbocycles. The van der Waals surface area contributed by atoms with Gasteiger partial charge in [0.05, 0.1) is 6.61 Å².